The molecule has 1 aliphatic rings. The van der Waals surface area contributed by atoms with Gasteiger partial charge in [-0.15, -0.1) is 0 Å². The van der Waals surface area contributed by atoms with Crippen molar-refractivity contribution in [1.29, 1.82) is 5.26 Å². The van der Waals surface area contributed by atoms with E-state index in [1.54, 1.807) is 11.0 Å². The largest absolute Gasteiger partial charge is 0.291 e. The average molecular weight is 377 g/mol. The minimum absolute atomic E-state index is 0.156. The van der Waals surface area contributed by atoms with Crippen molar-refractivity contribution >= 4 is 34.2 Å². The molecule has 0 radical (unpaired) electrons. The summed E-state index contributed by atoms with van der Waals surface area (Å²) >= 11 is 6.00. The Bertz CT molecular complexity index is 1100. The van der Waals surface area contributed by atoms with E-state index in [0.29, 0.717) is 23.1 Å². The van der Waals surface area contributed by atoms with Crippen molar-refractivity contribution < 1.29 is 4.79 Å². The van der Waals surface area contributed by atoms with Gasteiger partial charge in [0.1, 0.15) is 11.2 Å². The molecule has 2 aromatic heterocycles. The fourth-order valence-corrected chi connectivity index (χ4v) is 3.66. The number of hydrogen-bond acceptors (Lipinski definition) is 4. The van der Waals surface area contributed by atoms with Crippen LogP contribution in [-0.2, 0) is 24.2 Å². The molecule has 134 valence electrons. The molecule has 6 heteroatoms. The quantitative estimate of drug-likeness (QED) is 0.642. The summed E-state index contributed by atoms with van der Waals surface area (Å²) in [7, 11) is 0. The monoisotopic (exact) mass is 376 g/mol. The van der Waals surface area contributed by atoms with E-state index in [1.807, 2.05) is 30.3 Å². The van der Waals surface area contributed by atoms with Crippen molar-refractivity contribution in [1.82, 2.24) is 9.97 Å². The number of anilines is 1. The van der Waals surface area contributed by atoms with E-state index >= 15 is 0 Å². The van der Waals surface area contributed by atoms with E-state index in [2.05, 4.69) is 16.0 Å². The molecule has 5 nitrogen and oxygen atoms in total. The van der Waals surface area contributed by atoms with Crippen LogP contribution in [0.2, 0.25) is 5.15 Å². The minimum atomic E-state index is -0.156. The number of benzene rings is 1. The van der Waals surface area contributed by atoms with Crippen LogP contribution in [0.4, 0.5) is 5.82 Å². The Labute approximate surface area is 162 Å². The average Bonchev–Trinajstić information content (AvgIpc) is 3.11. The molecule has 0 bridgehead atoms. The molecular formula is C21H17ClN4O. The molecule has 0 unspecified atom stereocenters. The zero-order valence-electron chi connectivity index (χ0n) is 14.9. The highest BCUT2D eigenvalue weighted by Gasteiger charge is 2.22. The number of aromatic nitrogens is 2. The predicted octanol–water partition coefficient (Wildman–Crippen LogP) is 4.20. The van der Waals surface area contributed by atoms with Crippen molar-refractivity contribution in [2.24, 2.45) is 0 Å². The van der Waals surface area contributed by atoms with Crippen LogP contribution in [-0.4, -0.2) is 15.9 Å². The number of carbonyl (C=O) groups is 1. The van der Waals surface area contributed by atoms with Gasteiger partial charge in [0.2, 0.25) is 5.91 Å². The Hall–Kier alpha value is -2.97. The van der Waals surface area contributed by atoms with Crippen LogP contribution in [0.1, 0.15) is 35.7 Å². The summed E-state index contributed by atoms with van der Waals surface area (Å²) < 4.78 is 0. The number of nitrogens with zero attached hydrogens (tertiary/aromatic N) is 4. The van der Waals surface area contributed by atoms with Crippen molar-refractivity contribution in [3.05, 3.63) is 63.9 Å². The Kier molecular flexibility index (Phi) is 4.51. The molecule has 0 aliphatic heterocycles. The zero-order chi connectivity index (χ0) is 19.0. The first kappa shape index (κ1) is 17.4. The van der Waals surface area contributed by atoms with Crippen LogP contribution in [0.5, 0.6) is 0 Å². The first-order valence-corrected chi connectivity index (χ1v) is 9.19. The third-order valence-electron chi connectivity index (χ3n) is 4.85. The number of hydrogen-bond donors (Lipinski definition) is 0. The second-order valence-corrected chi connectivity index (χ2v) is 7.08. The molecular weight excluding hydrogens is 360 g/mol. The van der Waals surface area contributed by atoms with Gasteiger partial charge in [0.25, 0.3) is 0 Å². The topological polar surface area (TPSA) is 69.9 Å². The molecule has 0 fully saturated rings. The standard InChI is InChI=1S/C21H17ClN4O/c1-13(27)26(21-17(11-23)10-16-3-2-4-18(16)25-21)12-14-5-6-15-7-8-20(22)24-19(15)9-14/h5-10H,2-4,12H2,1H3. The Morgan fingerprint density at radius 2 is 2.04 bits per heavy atom. The van der Waals surface area contributed by atoms with Crippen LogP contribution in [0.15, 0.2) is 36.4 Å². The molecule has 1 aliphatic carbocycles. The first-order valence-electron chi connectivity index (χ1n) is 8.81. The van der Waals surface area contributed by atoms with Gasteiger partial charge in [-0.25, -0.2) is 9.97 Å². The van der Waals surface area contributed by atoms with Crippen molar-refractivity contribution in [2.75, 3.05) is 4.90 Å². The molecule has 2 heterocycles. The number of rotatable bonds is 3. The Morgan fingerprint density at radius 3 is 2.81 bits per heavy atom. The number of halogens is 1. The smallest absolute Gasteiger partial charge is 0.225 e. The van der Waals surface area contributed by atoms with E-state index in [-0.39, 0.29) is 5.91 Å². The van der Waals surface area contributed by atoms with Gasteiger partial charge in [0.15, 0.2) is 5.82 Å². The van der Waals surface area contributed by atoms with Gasteiger partial charge < -0.3 is 0 Å². The zero-order valence-corrected chi connectivity index (χ0v) is 15.6. The lowest BCUT2D eigenvalue weighted by Gasteiger charge is -2.22. The molecule has 4 rings (SSSR count). The van der Waals surface area contributed by atoms with E-state index in [9.17, 15) is 10.1 Å². The molecule has 27 heavy (non-hydrogen) atoms. The molecule has 0 saturated heterocycles. The van der Waals surface area contributed by atoms with Crippen molar-refractivity contribution in [3.63, 3.8) is 0 Å². The van der Waals surface area contributed by atoms with Gasteiger partial charge in [-0.3, -0.25) is 9.69 Å². The van der Waals surface area contributed by atoms with E-state index < -0.39 is 0 Å². The van der Waals surface area contributed by atoms with Gasteiger partial charge in [-0.05, 0) is 54.7 Å². The van der Waals surface area contributed by atoms with Crippen LogP contribution >= 0.6 is 11.6 Å². The predicted molar refractivity (Wildman–Crippen MR) is 105 cm³/mol. The lowest BCUT2D eigenvalue weighted by atomic mass is 10.1. The molecule has 0 atom stereocenters. The molecule has 3 aromatic rings. The normalized spacial score (nSPS) is 12.6. The molecule has 0 saturated carbocycles. The van der Waals surface area contributed by atoms with Crippen molar-refractivity contribution in [3.8, 4) is 6.07 Å². The number of pyridine rings is 2. The Morgan fingerprint density at radius 1 is 1.22 bits per heavy atom. The summed E-state index contributed by atoms with van der Waals surface area (Å²) in [6, 6.07) is 13.6. The number of fused-ring (bicyclic) bond motifs is 2. The summed E-state index contributed by atoms with van der Waals surface area (Å²) in [5.74, 6) is 0.279. The summed E-state index contributed by atoms with van der Waals surface area (Å²) in [5.41, 5.74) is 4.21. The maximum absolute atomic E-state index is 12.4. The van der Waals surface area contributed by atoms with E-state index in [1.165, 1.54) is 6.92 Å². The van der Waals surface area contributed by atoms with E-state index in [0.717, 1.165) is 47.0 Å². The second kappa shape index (κ2) is 6.98. The SMILES string of the molecule is CC(=O)N(Cc1ccc2ccc(Cl)nc2c1)c1nc2c(cc1C#N)CCC2. The lowest BCUT2D eigenvalue weighted by molar-refractivity contribution is -0.116. The number of carbonyl (C=O) groups excluding carboxylic acids is 1. The first-order chi connectivity index (χ1) is 13.0. The molecule has 0 N–H and O–H groups in total. The summed E-state index contributed by atoms with van der Waals surface area (Å²) in [5, 5.41) is 11.0. The van der Waals surface area contributed by atoms with Gasteiger partial charge in [-0.1, -0.05) is 23.7 Å². The fourth-order valence-electron chi connectivity index (χ4n) is 3.50. The minimum Gasteiger partial charge on any atom is -0.291 e. The summed E-state index contributed by atoms with van der Waals surface area (Å²) in [4.78, 5) is 22.9. The van der Waals surface area contributed by atoms with Gasteiger partial charge in [0, 0.05) is 18.0 Å². The van der Waals surface area contributed by atoms with Crippen molar-refractivity contribution in [2.45, 2.75) is 32.7 Å². The maximum Gasteiger partial charge on any atom is 0.225 e. The third kappa shape index (κ3) is 3.36. The molecule has 1 aromatic carbocycles. The maximum atomic E-state index is 12.4. The van der Waals surface area contributed by atoms with Crippen LogP contribution in [0, 0.1) is 11.3 Å². The highest BCUT2D eigenvalue weighted by atomic mass is 35.5. The number of nitriles is 1. The summed E-state index contributed by atoms with van der Waals surface area (Å²) in [6.45, 7) is 1.81. The Balaban J connectivity index is 1.74. The second-order valence-electron chi connectivity index (χ2n) is 6.70. The van der Waals surface area contributed by atoms with Crippen LogP contribution in [0.25, 0.3) is 10.9 Å². The number of amides is 1. The highest BCUT2D eigenvalue weighted by molar-refractivity contribution is 6.29. The highest BCUT2D eigenvalue weighted by Crippen LogP contribution is 2.28. The van der Waals surface area contributed by atoms with Gasteiger partial charge in [0.05, 0.1) is 17.6 Å². The van der Waals surface area contributed by atoms with Crippen LogP contribution in [0.3, 0.4) is 0 Å². The van der Waals surface area contributed by atoms with Gasteiger partial charge in [-0.2, -0.15) is 5.26 Å². The fraction of sp³-hybridized carbons (Fsp3) is 0.238. The number of aryl methyl sites for hydroxylation is 2. The molecule has 0 spiro atoms. The molecule has 1 amide bonds. The third-order valence-corrected chi connectivity index (χ3v) is 5.06. The summed E-state index contributed by atoms with van der Waals surface area (Å²) in [6.07, 6.45) is 2.86. The lowest BCUT2D eigenvalue weighted by Crippen LogP contribution is -2.30. The van der Waals surface area contributed by atoms with Gasteiger partial charge >= 0.3 is 0 Å². The van der Waals surface area contributed by atoms with Crippen LogP contribution < -0.4 is 4.90 Å². The van der Waals surface area contributed by atoms with E-state index in [4.69, 9.17) is 11.6 Å².